The van der Waals surface area contributed by atoms with Gasteiger partial charge in [0.15, 0.2) is 0 Å². The van der Waals surface area contributed by atoms with E-state index in [9.17, 15) is 14.9 Å². The van der Waals surface area contributed by atoms with Crippen molar-refractivity contribution in [1.82, 2.24) is 5.32 Å². The molecule has 2 atom stereocenters. The Labute approximate surface area is 139 Å². The van der Waals surface area contributed by atoms with Crippen molar-refractivity contribution in [2.24, 2.45) is 5.92 Å². The number of carbonyl (C=O) groups is 2. The third-order valence-corrected chi connectivity index (χ3v) is 4.49. The number of nitrogens with zero attached hydrogens (tertiary/aromatic N) is 1. The second kappa shape index (κ2) is 7.34. The van der Waals surface area contributed by atoms with Crippen LogP contribution in [0.3, 0.4) is 0 Å². The number of amides is 1. The van der Waals surface area contributed by atoms with Gasteiger partial charge in [0.2, 0.25) is 5.91 Å². The lowest BCUT2D eigenvalue weighted by molar-refractivity contribution is -0.139. The summed E-state index contributed by atoms with van der Waals surface area (Å²) in [7, 11) is 0. The summed E-state index contributed by atoms with van der Waals surface area (Å²) in [5, 5.41) is 12.0. The Morgan fingerprint density at radius 3 is 2.57 bits per heavy atom. The fourth-order valence-corrected chi connectivity index (χ4v) is 3.08. The number of nitrogens with one attached hydrogen (secondary N) is 1. The van der Waals surface area contributed by atoms with Crippen molar-refractivity contribution >= 4 is 23.6 Å². The van der Waals surface area contributed by atoms with Gasteiger partial charge in [-0.25, -0.2) is 4.79 Å². The smallest absolute Gasteiger partial charge is 0.336 e. The molecule has 0 spiro atoms. The number of carbonyl (C=O) groups excluding carboxylic acids is 2. The molecule has 0 aromatic heterocycles. The molecule has 1 amide bonds. The zero-order valence-corrected chi connectivity index (χ0v) is 14.1. The molecule has 2 rings (SSSR count). The summed E-state index contributed by atoms with van der Waals surface area (Å²) < 4.78 is 5.11. The van der Waals surface area contributed by atoms with Gasteiger partial charge in [-0.2, -0.15) is 5.26 Å². The van der Waals surface area contributed by atoms with E-state index >= 15 is 0 Å². The predicted octanol–water partition coefficient (Wildman–Crippen LogP) is 2.60. The number of hydrogen-bond acceptors (Lipinski definition) is 5. The van der Waals surface area contributed by atoms with Gasteiger partial charge in [-0.3, -0.25) is 4.79 Å². The third kappa shape index (κ3) is 3.40. The molecule has 1 aromatic carbocycles. The summed E-state index contributed by atoms with van der Waals surface area (Å²) >= 11 is 1.60. The largest absolute Gasteiger partial charge is 0.463 e. The Bertz CT molecular complexity index is 689. The van der Waals surface area contributed by atoms with Crippen molar-refractivity contribution in [3.8, 4) is 6.07 Å². The van der Waals surface area contributed by atoms with Crippen LogP contribution >= 0.6 is 11.8 Å². The maximum absolute atomic E-state index is 12.3. The Balaban J connectivity index is 2.54. The van der Waals surface area contributed by atoms with Crippen LogP contribution in [0.25, 0.3) is 0 Å². The van der Waals surface area contributed by atoms with E-state index in [2.05, 4.69) is 5.32 Å². The van der Waals surface area contributed by atoms with E-state index in [4.69, 9.17) is 4.74 Å². The molecular formula is C17H18N2O3S. The molecule has 5 nitrogen and oxygen atoms in total. The van der Waals surface area contributed by atoms with Gasteiger partial charge >= 0.3 is 5.97 Å². The van der Waals surface area contributed by atoms with Crippen LogP contribution < -0.4 is 5.32 Å². The highest BCUT2D eigenvalue weighted by molar-refractivity contribution is 7.98. The fourth-order valence-electron chi connectivity index (χ4n) is 2.67. The van der Waals surface area contributed by atoms with E-state index in [-0.39, 0.29) is 6.61 Å². The lowest BCUT2D eigenvalue weighted by atomic mass is 9.77. The zero-order valence-electron chi connectivity index (χ0n) is 13.3. The minimum Gasteiger partial charge on any atom is -0.463 e. The second-order valence-electron chi connectivity index (χ2n) is 5.11. The number of esters is 1. The van der Waals surface area contributed by atoms with E-state index in [0.717, 1.165) is 10.5 Å². The van der Waals surface area contributed by atoms with Gasteiger partial charge in [0, 0.05) is 16.5 Å². The first-order valence-electron chi connectivity index (χ1n) is 7.25. The molecule has 23 heavy (non-hydrogen) atoms. The molecule has 120 valence electrons. The Hall–Kier alpha value is -2.26. The molecule has 1 aromatic rings. The number of nitriles is 1. The van der Waals surface area contributed by atoms with Crippen molar-refractivity contribution in [3.05, 3.63) is 41.1 Å². The third-order valence-electron chi connectivity index (χ3n) is 3.75. The normalized spacial score (nSPS) is 20.7. The van der Waals surface area contributed by atoms with Gasteiger partial charge in [-0.05, 0) is 37.8 Å². The highest BCUT2D eigenvalue weighted by Crippen LogP contribution is 2.37. The van der Waals surface area contributed by atoms with Crippen LogP contribution in [0.15, 0.2) is 40.4 Å². The molecule has 0 saturated heterocycles. The summed E-state index contributed by atoms with van der Waals surface area (Å²) in [6, 6.07) is 9.56. The summed E-state index contributed by atoms with van der Waals surface area (Å²) in [6.07, 6.45) is 1.97. The van der Waals surface area contributed by atoms with Gasteiger partial charge < -0.3 is 10.1 Å². The lowest BCUT2D eigenvalue weighted by Crippen LogP contribution is -2.41. The Kier molecular flexibility index (Phi) is 5.45. The molecule has 1 heterocycles. The molecule has 1 aliphatic heterocycles. The molecule has 0 radical (unpaired) electrons. The van der Waals surface area contributed by atoms with E-state index < -0.39 is 23.7 Å². The number of rotatable bonds is 4. The van der Waals surface area contributed by atoms with Crippen LogP contribution in [0.2, 0.25) is 0 Å². The van der Waals surface area contributed by atoms with E-state index in [1.165, 1.54) is 0 Å². The van der Waals surface area contributed by atoms with Crippen molar-refractivity contribution in [2.75, 3.05) is 12.9 Å². The Morgan fingerprint density at radius 2 is 2.04 bits per heavy atom. The predicted molar refractivity (Wildman–Crippen MR) is 87.5 cm³/mol. The highest BCUT2D eigenvalue weighted by Gasteiger charge is 2.41. The molecule has 0 fully saturated rings. The first-order chi connectivity index (χ1) is 11.0. The van der Waals surface area contributed by atoms with Crippen LogP contribution in [-0.2, 0) is 14.3 Å². The van der Waals surface area contributed by atoms with Gasteiger partial charge in [0.25, 0.3) is 0 Å². The highest BCUT2D eigenvalue weighted by atomic mass is 32.2. The SMILES string of the molecule is CCOC(=O)C1=C(C)NC(=O)[C@@H](C#N)[C@H]1c1ccc(SC)cc1. The van der Waals surface area contributed by atoms with Crippen LogP contribution in [0.5, 0.6) is 0 Å². The van der Waals surface area contributed by atoms with Crippen molar-refractivity contribution in [2.45, 2.75) is 24.7 Å². The standard InChI is InChI=1S/C17H18N2O3S/c1-4-22-17(21)14-10(2)19-16(20)13(9-18)15(14)11-5-7-12(23-3)8-6-11/h5-8,13,15H,4H2,1-3H3,(H,19,20)/t13-,15+/m0/s1. The van der Waals surface area contributed by atoms with Gasteiger partial charge in [0.05, 0.1) is 18.2 Å². The zero-order chi connectivity index (χ0) is 17.0. The first-order valence-corrected chi connectivity index (χ1v) is 8.48. The molecular weight excluding hydrogens is 312 g/mol. The van der Waals surface area contributed by atoms with E-state index in [0.29, 0.717) is 11.3 Å². The molecule has 0 saturated carbocycles. The van der Waals surface area contributed by atoms with Crippen LogP contribution in [-0.4, -0.2) is 24.7 Å². The summed E-state index contributed by atoms with van der Waals surface area (Å²) in [5.41, 5.74) is 1.54. The topological polar surface area (TPSA) is 79.2 Å². The van der Waals surface area contributed by atoms with Crippen molar-refractivity contribution in [1.29, 1.82) is 5.26 Å². The van der Waals surface area contributed by atoms with Gasteiger partial charge in [-0.1, -0.05) is 12.1 Å². The van der Waals surface area contributed by atoms with Gasteiger partial charge in [-0.15, -0.1) is 11.8 Å². The average molecular weight is 330 g/mol. The first kappa shape index (κ1) is 17.1. The second-order valence-corrected chi connectivity index (χ2v) is 5.99. The van der Waals surface area contributed by atoms with Crippen LogP contribution in [0.4, 0.5) is 0 Å². The van der Waals surface area contributed by atoms with E-state index in [1.807, 2.05) is 36.6 Å². The number of thioether (sulfide) groups is 1. The van der Waals surface area contributed by atoms with E-state index in [1.54, 1.807) is 25.6 Å². The molecule has 0 bridgehead atoms. The van der Waals surface area contributed by atoms with Gasteiger partial charge in [0.1, 0.15) is 5.92 Å². The molecule has 0 aliphatic carbocycles. The summed E-state index contributed by atoms with van der Waals surface area (Å²) in [5.74, 6) is -2.47. The molecule has 1 N–H and O–H groups in total. The average Bonchev–Trinajstić information content (AvgIpc) is 2.54. The fraction of sp³-hybridized carbons (Fsp3) is 0.353. The maximum atomic E-state index is 12.3. The molecule has 1 aliphatic rings. The molecule has 6 heteroatoms. The summed E-state index contributed by atoms with van der Waals surface area (Å²) in [4.78, 5) is 25.6. The quantitative estimate of drug-likeness (QED) is 0.678. The monoisotopic (exact) mass is 330 g/mol. The van der Waals surface area contributed by atoms with Crippen molar-refractivity contribution in [3.63, 3.8) is 0 Å². The minimum absolute atomic E-state index is 0.235. The number of hydrogen-bond donors (Lipinski definition) is 1. The maximum Gasteiger partial charge on any atom is 0.336 e. The lowest BCUT2D eigenvalue weighted by Gasteiger charge is -2.30. The van der Waals surface area contributed by atoms with Crippen molar-refractivity contribution < 1.29 is 14.3 Å². The molecule has 0 unspecified atom stereocenters. The number of ether oxygens (including phenoxy) is 1. The summed E-state index contributed by atoms with van der Waals surface area (Å²) in [6.45, 7) is 3.61. The van der Waals surface area contributed by atoms with Crippen LogP contribution in [0, 0.1) is 17.2 Å². The van der Waals surface area contributed by atoms with Crippen LogP contribution in [0.1, 0.15) is 25.3 Å². The minimum atomic E-state index is -0.960. The number of allylic oxidation sites excluding steroid dienone is 1. The number of benzene rings is 1. The Morgan fingerprint density at radius 1 is 1.39 bits per heavy atom.